The molecule has 2 nitrogen and oxygen atoms in total. The minimum absolute atomic E-state index is 0.438. The van der Waals surface area contributed by atoms with E-state index in [0.717, 1.165) is 18.7 Å². The van der Waals surface area contributed by atoms with Gasteiger partial charge >= 0.3 is 0 Å². The van der Waals surface area contributed by atoms with Crippen molar-refractivity contribution in [3.05, 3.63) is 0 Å². The van der Waals surface area contributed by atoms with E-state index in [0.29, 0.717) is 23.7 Å². The Morgan fingerprint density at radius 2 is 2.20 bits per heavy atom. The molecule has 0 N–H and O–H groups in total. The summed E-state index contributed by atoms with van der Waals surface area (Å²) in [5, 5.41) is 0. The van der Waals surface area contributed by atoms with Gasteiger partial charge in [-0.15, -0.1) is 0 Å². The van der Waals surface area contributed by atoms with Gasteiger partial charge in [-0.25, -0.2) is 0 Å². The molecule has 0 aromatic carbocycles. The van der Waals surface area contributed by atoms with Crippen LogP contribution in [0.5, 0.6) is 0 Å². The van der Waals surface area contributed by atoms with Gasteiger partial charge < -0.3 is 4.79 Å². The Bertz CT molecular complexity index is 293. The third kappa shape index (κ3) is 1.54. The third-order valence-electron chi connectivity index (χ3n) is 4.54. The lowest BCUT2D eigenvalue weighted by molar-refractivity contribution is -0.109. The van der Waals surface area contributed by atoms with Crippen LogP contribution in [-0.2, 0) is 4.79 Å². The number of fused-ring (bicyclic) bond motifs is 2. The fourth-order valence-electron chi connectivity index (χ4n) is 3.42. The smallest absolute Gasteiger partial charge is 0.120 e. The van der Waals surface area contributed by atoms with Gasteiger partial charge in [0.25, 0.3) is 0 Å². The molecule has 0 saturated heterocycles. The molecule has 0 heterocycles. The summed E-state index contributed by atoms with van der Waals surface area (Å²) >= 11 is 0. The SMILES string of the molecule is CCN=C1[C@@H](CC=O)C[C@H]2C[C@@H]1C2(C)C. The van der Waals surface area contributed by atoms with Crippen LogP contribution in [0.1, 0.15) is 40.0 Å². The predicted octanol–water partition coefficient (Wildman–Crippen LogP) is 2.72. The Balaban J connectivity index is 2.20. The van der Waals surface area contributed by atoms with Crippen LogP contribution < -0.4 is 0 Å². The van der Waals surface area contributed by atoms with Crippen molar-refractivity contribution < 1.29 is 4.79 Å². The van der Waals surface area contributed by atoms with Gasteiger partial charge in [-0.3, -0.25) is 4.99 Å². The summed E-state index contributed by atoms with van der Waals surface area (Å²) in [7, 11) is 0. The Morgan fingerprint density at radius 3 is 2.73 bits per heavy atom. The van der Waals surface area contributed by atoms with E-state index < -0.39 is 0 Å². The van der Waals surface area contributed by atoms with Crippen LogP contribution in [0.25, 0.3) is 0 Å². The van der Waals surface area contributed by atoms with Crippen molar-refractivity contribution in [2.24, 2.45) is 28.2 Å². The minimum Gasteiger partial charge on any atom is -0.303 e. The summed E-state index contributed by atoms with van der Waals surface area (Å²) in [5.74, 6) is 1.93. The lowest BCUT2D eigenvalue weighted by Crippen LogP contribution is -2.56. The molecule has 3 aliphatic rings. The second-order valence-corrected chi connectivity index (χ2v) is 5.54. The molecule has 3 atom stereocenters. The molecule has 2 bridgehead atoms. The lowest BCUT2D eigenvalue weighted by Gasteiger charge is -2.59. The van der Waals surface area contributed by atoms with Crippen LogP contribution in [0, 0.1) is 23.2 Å². The van der Waals surface area contributed by atoms with Crippen molar-refractivity contribution in [2.75, 3.05) is 6.54 Å². The van der Waals surface area contributed by atoms with E-state index in [1.807, 2.05) is 0 Å². The second-order valence-electron chi connectivity index (χ2n) is 5.54. The first kappa shape index (κ1) is 10.8. The van der Waals surface area contributed by atoms with Crippen LogP contribution in [0.3, 0.4) is 0 Å². The molecule has 0 aromatic heterocycles. The number of rotatable bonds is 3. The van der Waals surface area contributed by atoms with Crippen molar-refractivity contribution in [3.8, 4) is 0 Å². The fraction of sp³-hybridized carbons (Fsp3) is 0.846. The number of aldehydes is 1. The zero-order valence-corrected chi connectivity index (χ0v) is 9.99. The molecule has 0 amide bonds. The second kappa shape index (κ2) is 3.73. The molecule has 0 unspecified atom stereocenters. The van der Waals surface area contributed by atoms with E-state index in [1.54, 1.807) is 0 Å². The Labute approximate surface area is 92.2 Å². The maximum absolute atomic E-state index is 10.7. The van der Waals surface area contributed by atoms with Crippen molar-refractivity contribution in [1.29, 1.82) is 0 Å². The first-order valence-corrected chi connectivity index (χ1v) is 6.09. The van der Waals surface area contributed by atoms with Gasteiger partial charge in [0, 0.05) is 30.5 Å². The topological polar surface area (TPSA) is 29.4 Å². The van der Waals surface area contributed by atoms with Gasteiger partial charge in [0.1, 0.15) is 6.29 Å². The maximum Gasteiger partial charge on any atom is 0.120 e. The van der Waals surface area contributed by atoms with Crippen molar-refractivity contribution in [3.63, 3.8) is 0 Å². The highest BCUT2D eigenvalue weighted by molar-refractivity contribution is 5.93. The summed E-state index contributed by atoms with van der Waals surface area (Å²) in [6.07, 6.45) is 4.23. The quantitative estimate of drug-likeness (QED) is 0.654. The van der Waals surface area contributed by atoms with E-state index in [4.69, 9.17) is 0 Å². The molecule has 15 heavy (non-hydrogen) atoms. The zero-order chi connectivity index (χ0) is 11.1. The van der Waals surface area contributed by atoms with Gasteiger partial charge in [0.15, 0.2) is 0 Å². The Morgan fingerprint density at radius 1 is 1.47 bits per heavy atom. The molecular formula is C13H21NO. The molecule has 3 aliphatic carbocycles. The zero-order valence-electron chi connectivity index (χ0n) is 9.99. The molecule has 0 aliphatic heterocycles. The van der Waals surface area contributed by atoms with Gasteiger partial charge in [-0.1, -0.05) is 13.8 Å². The number of hydrogen-bond acceptors (Lipinski definition) is 2. The number of hydrogen-bond donors (Lipinski definition) is 0. The summed E-state index contributed by atoms with van der Waals surface area (Å²) in [5.41, 5.74) is 1.78. The Kier molecular flexibility index (Phi) is 2.70. The first-order valence-electron chi connectivity index (χ1n) is 6.09. The first-order chi connectivity index (χ1) is 7.11. The summed E-state index contributed by atoms with van der Waals surface area (Å²) in [6.45, 7) is 7.66. The molecular weight excluding hydrogens is 186 g/mol. The number of aliphatic imine (C=N–C) groups is 1. The monoisotopic (exact) mass is 207 g/mol. The molecule has 3 saturated carbocycles. The normalized spacial score (nSPS) is 39.9. The maximum atomic E-state index is 10.7. The van der Waals surface area contributed by atoms with E-state index in [2.05, 4.69) is 25.8 Å². The number of carbonyl (C=O) groups is 1. The highest BCUT2D eigenvalue weighted by Gasteiger charge is 2.55. The van der Waals surface area contributed by atoms with Crippen LogP contribution >= 0.6 is 0 Å². The molecule has 3 rings (SSSR count). The summed E-state index contributed by atoms with van der Waals surface area (Å²) in [4.78, 5) is 15.3. The van der Waals surface area contributed by atoms with Crippen molar-refractivity contribution in [2.45, 2.75) is 40.0 Å². The van der Waals surface area contributed by atoms with Gasteiger partial charge in [-0.2, -0.15) is 0 Å². The molecule has 0 spiro atoms. The van der Waals surface area contributed by atoms with E-state index in [1.165, 1.54) is 18.6 Å². The van der Waals surface area contributed by atoms with Crippen LogP contribution in [-0.4, -0.2) is 18.5 Å². The highest BCUT2D eigenvalue weighted by Crippen LogP contribution is 2.59. The molecule has 0 radical (unpaired) electrons. The van der Waals surface area contributed by atoms with Gasteiger partial charge in [-0.05, 0) is 31.1 Å². The average Bonchev–Trinajstić information content (AvgIpc) is 2.20. The van der Waals surface area contributed by atoms with Crippen LogP contribution in [0.15, 0.2) is 4.99 Å². The van der Waals surface area contributed by atoms with Crippen LogP contribution in [0.4, 0.5) is 0 Å². The molecule has 84 valence electrons. The van der Waals surface area contributed by atoms with Crippen LogP contribution in [0.2, 0.25) is 0 Å². The largest absolute Gasteiger partial charge is 0.303 e. The van der Waals surface area contributed by atoms with Gasteiger partial charge in [0.2, 0.25) is 0 Å². The Hall–Kier alpha value is -0.660. The standard InChI is InChI=1S/C13H21NO/c1-4-14-12-9(5-6-15)7-10-8-11(12)13(10,2)3/h6,9-11H,4-5,7-8H2,1-3H3/t9-,10-,11-/m0/s1. The minimum atomic E-state index is 0.438. The van der Waals surface area contributed by atoms with E-state index in [9.17, 15) is 4.79 Å². The molecule has 3 fully saturated rings. The molecule has 0 aromatic rings. The van der Waals surface area contributed by atoms with E-state index in [-0.39, 0.29) is 0 Å². The molecule has 2 heteroatoms. The van der Waals surface area contributed by atoms with Crippen molar-refractivity contribution in [1.82, 2.24) is 0 Å². The van der Waals surface area contributed by atoms with Crippen molar-refractivity contribution >= 4 is 12.0 Å². The summed E-state index contributed by atoms with van der Waals surface area (Å²) < 4.78 is 0. The average molecular weight is 207 g/mol. The van der Waals surface area contributed by atoms with E-state index >= 15 is 0 Å². The fourth-order valence-corrected chi connectivity index (χ4v) is 3.42. The lowest BCUT2D eigenvalue weighted by atomic mass is 9.45. The van der Waals surface area contributed by atoms with Gasteiger partial charge in [0.05, 0.1) is 0 Å². The third-order valence-corrected chi connectivity index (χ3v) is 4.54. The predicted molar refractivity (Wildman–Crippen MR) is 62.1 cm³/mol. The highest BCUT2D eigenvalue weighted by atomic mass is 16.1. The number of nitrogens with zero attached hydrogens (tertiary/aromatic N) is 1. The summed E-state index contributed by atoms with van der Waals surface area (Å²) in [6, 6.07) is 0. The number of carbonyl (C=O) groups excluding carboxylic acids is 1.